The van der Waals surface area contributed by atoms with Gasteiger partial charge in [-0.05, 0) is 60.7 Å². The molecular weight excluding hydrogens is 583 g/mol. The third-order valence-electron chi connectivity index (χ3n) is 6.73. The highest BCUT2D eigenvalue weighted by atomic mass is 32.1. The van der Waals surface area contributed by atoms with Crippen LogP contribution in [0.15, 0.2) is 73.2 Å². The van der Waals surface area contributed by atoms with Gasteiger partial charge in [0.05, 0.1) is 28.7 Å². The van der Waals surface area contributed by atoms with Gasteiger partial charge in [0.2, 0.25) is 5.91 Å². The van der Waals surface area contributed by atoms with Gasteiger partial charge < -0.3 is 10.1 Å². The van der Waals surface area contributed by atoms with Gasteiger partial charge in [-0.15, -0.1) is 0 Å². The average molecular weight is 613 g/mol. The largest absolute Gasteiger partial charge is 0.424 e. The second-order valence-corrected chi connectivity index (χ2v) is 11.6. The number of anilines is 3. The number of thiazole rings is 1. The van der Waals surface area contributed by atoms with Crippen molar-refractivity contribution in [2.45, 2.75) is 33.1 Å². The first-order chi connectivity index (χ1) is 21.3. The second-order valence-electron chi connectivity index (χ2n) is 10.6. The summed E-state index contributed by atoms with van der Waals surface area (Å²) in [6, 6.07) is 14.9. The van der Waals surface area contributed by atoms with E-state index in [4.69, 9.17) is 4.74 Å². The van der Waals surface area contributed by atoms with Gasteiger partial charge in [0.15, 0.2) is 5.13 Å². The molecule has 3 aromatic heterocycles. The Labute approximate surface area is 256 Å². The SMILES string of the molecule is CC(C)Cc1cc(NC(=O)Nc2cnc(Oc3ccc(-c4cnc(N5CCCC5=O)s4)cc3)nc2)n(-c2ccccc2F)n1. The van der Waals surface area contributed by atoms with Gasteiger partial charge in [-0.1, -0.05) is 37.3 Å². The summed E-state index contributed by atoms with van der Waals surface area (Å²) in [5.41, 5.74) is 2.24. The molecule has 6 rings (SSSR count). The van der Waals surface area contributed by atoms with Crippen LogP contribution in [0.25, 0.3) is 16.1 Å². The quantitative estimate of drug-likeness (QED) is 0.190. The molecule has 1 aliphatic rings. The Kier molecular flexibility index (Phi) is 8.28. The van der Waals surface area contributed by atoms with Crippen LogP contribution >= 0.6 is 11.3 Å². The molecule has 11 nitrogen and oxygen atoms in total. The minimum absolute atomic E-state index is 0.104. The number of hydrogen-bond donors (Lipinski definition) is 2. The standard InChI is InChI=1S/C31H29FN8O3S/c1-19(2)14-21-15-27(40(38-21)25-7-4-3-6-24(25)32)37-29(42)36-22-16-33-30(34-17-22)43-23-11-9-20(10-12-23)26-18-35-31(44-26)39-13-5-8-28(39)41/h3-4,6-7,9-12,15-19H,5,8,13-14H2,1-2H3,(H2,36,37,42). The van der Waals surface area contributed by atoms with Crippen LogP contribution in [0.5, 0.6) is 11.8 Å². The maximum absolute atomic E-state index is 14.5. The molecule has 0 unspecified atom stereocenters. The molecule has 0 aliphatic carbocycles. The summed E-state index contributed by atoms with van der Waals surface area (Å²) in [5, 5.41) is 10.7. The maximum atomic E-state index is 14.5. The number of ether oxygens (including phenoxy) is 1. The summed E-state index contributed by atoms with van der Waals surface area (Å²) < 4.78 is 21.7. The fourth-order valence-electron chi connectivity index (χ4n) is 4.72. The normalized spacial score (nSPS) is 13.0. The van der Waals surface area contributed by atoms with Crippen LogP contribution in [0.3, 0.4) is 0 Å². The second kappa shape index (κ2) is 12.6. The summed E-state index contributed by atoms with van der Waals surface area (Å²) in [5.74, 6) is 0.841. The highest BCUT2D eigenvalue weighted by Crippen LogP contribution is 2.34. The highest BCUT2D eigenvalue weighted by molar-refractivity contribution is 7.19. The number of nitrogens with one attached hydrogen (secondary N) is 2. The summed E-state index contributed by atoms with van der Waals surface area (Å²) >= 11 is 1.47. The van der Waals surface area contributed by atoms with E-state index in [2.05, 4.69) is 44.5 Å². The molecule has 4 heterocycles. The van der Waals surface area contributed by atoms with E-state index >= 15 is 0 Å². The van der Waals surface area contributed by atoms with Crippen LogP contribution in [0.2, 0.25) is 0 Å². The molecule has 2 N–H and O–H groups in total. The molecule has 1 aliphatic heterocycles. The smallest absolute Gasteiger partial charge is 0.324 e. The predicted molar refractivity (Wildman–Crippen MR) is 166 cm³/mol. The van der Waals surface area contributed by atoms with E-state index in [1.54, 1.807) is 47.5 Å². The molecule has 5 aromatic rings. The lowest BCUT2D eigenvalue weighted by Gasteiger charge is -2.11. The number of benzene rings is 2. The van der Waals surface area contributed by atoms with E-state index in [1.165, 1.54) is 34.5 Å². The van der Waals surface area contributed by atoms with E-state index in [1.807, 2.05) is 12.1 Å². The van der Waals surface area contributed by atoms with Gasteiger partial charge in [0.25, 0.3) is 0 Å². The first kappa shape index (κ1) is 28.9. The van der Waals surface area contributed by atoms with E-state index in [0.717, 1.165) is 22.6 Å². The molecule has 1 saturated heterocycles. The van der Waals surface area contributed by atoms with Crippen molar-refractivity contribution in [1.82, 2.24) is 24.7 Å². The fourth-order valence-corrected chi connectivity index (χ4v) is 5.69. The lowest BCUT2D eigenvalue weighted by molar-refractivity contribution is -0.117. The van der Waals surface area contributed by atoms with Crippen molar-refractivity contribution in [2.75, 3.05) is 22.1 Å². The number of rotatable bonds is 9. The van der Waals surface area contributed by atoms with Crippen molar-refractivity contribution in [1.29, 1.82) is 0 Å². The predicted octanol–water partition coefficient (Wildman–Crippen LogP) is 6.69. The third kappa shape index (κ3) is 6.57. The average Bonchev–Trinajstić information content (AvgIpc) is 3.75. The van der Waals surface area contributed by atoms with Crippen molar-refractivity contribution < 1.29 is 18.7 Å². The Bertz CT molecular complexity index is 1790. The monoisotopic (exact) mass is 612 g/mol. The molecule has 3 amide bonds. The lowest BCUT2D eigenvalue weighted by atomic mass is 10.1. The zero-order chi connectivity index (χ0) is 30.6. The van der Waals surface area contributed by atoms with Crippen molar-refractivity contribution in [3.63, 3.8) is 0 Å². The van der Waals surface area contributed by atoms with E-state index in [-0.39, 0.29) is 17.6 Å². The Morgan fingerprint density at radius 3 is 2.52 bits per heavy atom. The molecule has 2 aromatic carbocycles. The molecule has 44 heavy (non-hydrogen) atoms. The number of amides is 3. The summed E-state index contributed by atoms with van der Waals surface area (Å²) in [6.07, 6.45) is 6.71. The molecule has 13 heteroatoms. The first-order valence-electron chi connectivity index (χ1n) is 14.1. The Morgan fingerprint density at radius 1 is 1.05 bits per heavy atom. The van der Waals surface area contributed by atoms with Crippen LogP contribution in [-0.4, -0.2) is 43.2 Å². The zero-order valence-electron chi connectivity index (χ0n) is 24.0. The van der Waals surface area contributed by atoms with Gasteiger partial charge in [0.1, 0.15) is 23.1 Å². The van der Waals surface area contributed by atoms with Crippen molar-refractivity contribution in [3.05, 3.63) is 84.7 Å². The van der Waals surface area contributed by atoms with Crippen molar-refractivity contribution in [3.8, 4) is 27.9 Å². The third-order valence-corrected chi connectivity index (χ3v) is 7.80. The van der Waals surface area contributed by atoms with Gasteiger partial charge in [-0.25, -0.2) is 28.8 Å². The molecule has 0 bridgehead atoms. The number of para-hydroxylation sites is 1. The zero-order valence-corrected chi connectivity index (χ0v) is 24.8. The van der Waals surface area contributed by atoms with Crippen LogP contribution in [-0.2, 0) is 11.2 Å². The lowest BCUT2D eigenvalue weighted by Crippen LogP contribution is -2.23. The molecular formula is C31H29FN8O3S. The summed E-state index contributed by atoms with van der Waals surface area (Å²) in [6.45, 7) is 4.82. The molecule has 0 spiro atoms. The number of carbonyl (C=O) groups is 2. The fraction of sp³-hybridized carbons (Fsp3) is 0.226. The van der Waals surface area contributed by atoms with Gasteiger partial charge in [-0.3, -0.25) is 15.0 Å². The number of hydrogen-bond acceptors (Lipinski definition) is 8. The van der Waals surface area contributed by atoms with Gasteiger partial charge in [-0.2, -0.15) is 5.10 Å². The number of aromatic nitrogens is 5. The molecule has 224 valence electrons. The number of halogens is 1. The minimum atomic E-state index is -0.563. The topological polar surface area (TPSA) is 127 Å². The Balaban J connectivity index is 1.08. The van der Waals surface area contributed by atoms with E-state index in [0.29, 0.717) is 47.7 Å². The number of urea groups is 1. The summed E-state index contributed by atoms with van der Waals surface area (Å²) in [4.78, 5) is 40.3. The Hall–Kier alpha value is -5.17. The number of nitrogens with zero attached hydrogens (tertiary/aromatic N) is 6. The summed E-state index contributed by atoms with van der Waals surface area (Å²) in [7, 11) is 0. The first-order valence-corrected chi connectivity index (χ1v) is 14.9. The molecule has 0 radical (unpaired) electrons. The molecule has 0 atom stereocenters. The number of carbonyl (C=O) groups excluding carboxylic acids is 2. The Morgan fingerprint density at radius 2 is 1.82 bits per heavy atom. The van der Waals surface area contributed by atoms with E-state index in [9.17, 15) is 14.0 Å². The minimum Gasteiger partial charge on any atom is -0.424 e. The van der Waals surface area contributed by atoms with Crippen LogP contribution < -0.4 is 20.3 Å². The molecule has 0 saturated carbocycles. The highest BCUT2D eigenvalue weighted by Gasteiger charge is 2.24. The van der Waals surface area contributed by atoms with Gasteiger partial charge >= 0.3 is 12.0 Å². The van der Waals surface area contributed by atoms with Crippen LogP contribution in [0.4, 0.5) is 25.8 Å². The van der Waals surface area contributed by atoms with Crippen molar-refractivity contribution in [2.24, 2.45) is 5.92 Å². The maximum Gasteiger partial charge on any atom is 0.324 e. The van der Waals surface area contributed by atoms with Crippen LogP contribution in [0.1, 0.15) is 32.4 Å². The van der Waals surface area contributed by atoms with Crippen molar-refractivity contribution >= 4 is 39.9 Å². The molecule has 1 fully saturated rings. The van der Waals surface area contributed by atoms with Crippen LogP contribution in [0, 0.1) is 11.7 Å². The van der Waals surface area contributed by atoms with Gasteiger partial charge in [0, 0.05) is 25.2 Å². The van der Waals surface area contributed by atoms with E-state index < -0.39 is 11.8 Å².